The normalized spacial score (nSPS) is 16.4. The molecule has 7 nitrogen and oxygen atoms in total. The standard InChI is InChI=1S/C52H45N3O4/c1-34(2)51(56)58-33-10-9-32-57-50-48-43-28-29-52(38-14-5-3-6-15-38,39-20-22-40(23-21-39)55-30-7-4-8-31-55)59-45(43)27-26-44(48)53-49(54-50)42-25-19-37-17-16-35-12-11-13-36-18-24-41(42)47(37)46(35)36/h3,5-6,11-29H,1,4,7-10,30-33H2,2H3. The number of aromatic nitrogens is 2. The Morgan fingerprint density at radius 1 is 0.729 bits per heavy atom. The molecule has 10 rings (SSSR count). The predicted octanol–water partition coefficient (Wildman–Crippen LogP) is 11.8. The zero-order valence-corrected chi connectivity index (χ0v) is 33.2. The minimum absolute atomic E-state index is 0.292. The van der Waals surface area contributed by atoms with Crippen molar-refractivity contribution in [2.45, 2.75) is 44.6 Å². The van der Waals surface area contributed by atoms with Crippen LogP contribution in [0.4, 0.5) is 5.69 Å². The van der Waals surface area contributed by atoms with E-state index in [-0.39, 0.29) is 5.97 Å². The Bertz CT molecular complexity index is 2880. The molecule has 0 saturated carbocycles. The monoisotopic (exact) mass is 775 g/mol. The second-order valence-electron chi connectivity index (χ2n) is 15.8. The Morgan fingerprint density at radius 3 is 2.22 bits per heavy atom. The quantitative estimate of drug-likeness (QED) is 0.0560. The number of piperidine rings is 1. The summed E-state index contributed by atoms with van der Waals surface area (Å²) < 4.78 is 19.2. The van der Waals surface area contributed by atoms with Crippen LogP contribution < -0.4 is 14.4 Å². The molecule has 292 valence electrons. The van der Waals surface area contributed by atoms with Gasteiger partial charge in [-0.15, -0.1) is 0 Å². The average molecular weight is 776 g/mol. The third-order valence-corrected chi connectivity index (χ3v) is 11.9. The predicted molar refractivity (Wildman–Crippen MR) is 239 cm³/mol. The van der Waals surface area contributed by atoms with Crippen LogP contribution in [-0.2, 0) is 15.1 Å². The van der Waals surface area contributed by atoms with Gasteiger partial charge in [0.2, 0.25) is 5.88 Å². The van der Waals surface area contributed by atoms with Crippen LogP contribution in [0.25, 0.3) is 60.7 Å². The number of carbonyl (C=O) groups excluding carboxylic acids is 1. The fourth-order valence-electron chi connectivity index (χ4n) is 8.91. The van der Waals surface area contributed by atoms with Crippen LogP contribution in [0, 0.1) is 0 Å². The smallest absolute Gasteiger partial charge is 0.333 e. The fraction of sp³-hybridized carbons (Fsp3) is 0.212. The lowest BCUT2D eigenvalue weighted by Crippen LogP contribution is -2.34. The molecule has 1 unspecified atom stereocenters. The number of anilines is 1. The summed E-state index contributed by atoms with van der Waals surface area (Å²) >= 11 is 0. The first-order valence-electron chi connectivity index (χ1n) is 20.7. The van der Waals surface area contributed by atoms with Gasteiger partial charge in [-0.05, 0) is 114 Å². The van der Waals surface area contributed by atoms with Crippen molar-refractivity contribution in [2.75, 3.05) is 31.2 Å². The molecule has 1 saturated heterocycles. The summed E-state index contributed by atoms with van der Waals surface area (Å²) in [4.78, 5) is 24.9. The molecule has 0 amide bonds. The van der Waals surface area contributed by atoms with Crippen molar-refractivity contribution in [1.29, 1.82) is 0 Å². The second-order valence-corrected chi connectivity index (χ2v) is 15.8. The van der Waals surface area contributed by atoms with E-state index in [1.54, 1.807) is 6.92 Å². The third kappa shape index (κ3) is 6.61. The lowest BCUT2D eigenvalue weighted by atomic mass is 9.83. The van der Waals surface area contributed by atoms with E-state index in [2.05, 4.69) is 127 Å². The van der Waals surface area contributed by atoms with Crippen LogP contribution in [0.3, 0.4) is 0 Å². The van der Waals surface area contributed by atoms with Crippen LogP contribution in [0.5, 0.6) is 11.6 Å². The van der Waals surface area contributed by atoms with E-state index in [0.717, 1.165) is 57.4 Å². The van der Waals surface area contributed by atoms with Crippen LogP contribution in [0.2, 0.25) is 0 Å². The fourth-order valence-corrected chi connectivity index (χ4v) is 8.91. The van der Waals surface area contributed by atoms with E-state index < -0.39 is 5.60 Å². The molecule has 0 spiro atoms. The van der Waals surface area contributed by atoms with Crippen molar-refractivity contribution >= 4 is 61.0 Å². The molecule has 1 aromatic heterocycles. The Balaban J connectivity index is 1.06. The summed E-state index contributed by atoms with van der Waals surface area (Å²) in [6, 6.07) is 42.8. The minimum Gasteiger partial charge on any atom is -0.477 e. The molecular weight excluding hydrogens is 731 g/mol. The molecule has 1 atom stereocenters. The number of nitrogens with zero attached hydrogens (tertiary/aromatic N) is 3. The Hall–Kier alpha value is -6.73. The molecule has 2 aliphatic heterocycles. The van der Waals surface area contributed by atoms with E-state index in [9.17, 15) is 4.79 Å². The Kier molecular flexibility index (Phi) is 9.44. The number of unbranched alkanes of at least 4 members (excludes halogenated alkanes) is 1. The highest BCUT2D eigenvalue weighted by Gasteiger charge is 2.38. The van der Waals surface area contributed by atoms with Crippen molar-refractivity contribution in [1.82, 2.24) is 9.97 Å². The molecule has 0 aliphatic carbocycles. The summed E-state index contributed by atoms with van der Waals surface area (Å²) in [6.45, 7) is 8.18. The van der Waals surface area contributed by atoms with Crippen LogP contribution in [-0.4, -0.2) is 42.2 Å². The summed E-state index contributed by atoms with van der Waals surface area (Å²) in [7, 11) is 0. The maximum atomic E-state index is 12.0. The number of hydrogen-bond donors (Lipinski definition) is 0. The Labute approximate surface area is 343 Å². The van der Waals surface area contributed by atoms with E-state index in [4.69, 9.17) is 24.2 Å². The van der Waals surface area contributed by atoms with Crippen LogP contribution in [0.15, 0.2) is 140 Å². The molecule has 59 heavy (non-hydrogen) atoms. The van der Waals surface area contributed by atoms with Crippen molar-refractivity contribution in [3.63, 3.8) is 0 Å². The molecule has 0 bridgehead atoms. The van der Waals surface area contributed by atoms with Gasteiger partial charge < -0.3 is 19.1 Å². The van der Waals surface area contributed by atoms with Gasteiger partial charge in [0, 0.05) is 46.6 Å². The molecule has 2 aliphatic rings. The molecule has 0 N–H and O–H groups in total. The van der Waals surface area contributed by atoms with Gasteiger partial charge in [-0.2, -0.15) is 4.98 Å². The lowest BCUT2D eigenvalue weighted by molar-refractivity contribution is -0.139. The third-order valence-electron chi connectivity index (χ3n) is 11.9. The first-order valence-corrected chi connectivity index (χ1v) is 20.7. The van der Waals surface area contributed by atoms with Gasteiger partial charge in [0.1, 0.15) is 5.75 Å². The molecule has 8 aromatic rings. The minimum atomic E-state index is -0.854. The largest absolute Gasteiger partial charge is 0.477 e. The summed E-state index contributed by atoms with van der Waals surface area (Å²) in [5.41, 5.74) is 5.44. The van der Waals surface area contributed by atoms with E-state index in [1.807, 2.05) is 18.2 Å². The topological polar surface area (TPSA) is 73.8 Å². The van der Waals surface area contributed by atoms with Crippen molar-refractivity contribution < 1.29 is 19.0 Å². The maximum Gasteiger partial charge on any atom is 0.333 e. The molecule has 3 heterocycles. The lowest BCUT2D eigenvalue weighted by Gasteiger charge is -2.37. The number of rotatable bonds is 11. The number of carbonyl (C=O) groups is 1. The summed E-state index contributed by atoms with van der Waals surface area (Å²) in [6.07, 6.45) is 9.37. The summed E-state index contributed by atoms with van der Waals surface area (Å²) in [5.74, 6) is 1.42. The van der Waals surface area contributed by atoms with Crippen molar-refractivity contribution in [3.05, 3.63) is 156 Å². The zero-order valence-electron chi connectivity index (χ0n) is 33.2. The van der Waals surface area contributed by atoms with Crippen molar-refractivity contribution in [2.24, 2.45) is 0 Å². The molecule has 1 fully saturated rings. The van der Waals surface area contributed by atoms with Gasteiger partial charge in [-0.1, -0.05) is 97.6 Å². The second kappa shape index (κ2) is 15.2. The highest BCUT2D eigenvalue weighted by molar-refractivity contribution is 6.25. The zero-order chi connectivity index (χ0) is 39.9. The molecular formula is C52H45N3O4. The SMILES string of the molecule is C=C(C)C(=O)OCCCCOc1nc(-c2ccc3ccc4cccc5ccc2c3c45)nc2ccc3c(c12)C=CC(c1ccccc1)(c1ccc(N2CCCCC2)cc1)O3. The molecule has 7 heteroatoms. The van der Waals surface area contributed by atoms with E-state index in [1.165, 1.54) is 51.9 Å². The number of ether oxygens (including phenoxy) is 3. The number of esters is 1. The van der Waals surface area contributed by atoms with Gasteiger partial charge in [-0.25, -0.2) is 9.78 Å². The Morgan fingerprint density at radius 2 is 1.44 bits per heavy atom. The van der Waals surface area contributed by atoms with E-state index in [0.29, 0.717) is 43.3 Å². The summed E-state index contributed by atoms with van der Waals surface area (Å²) in [5, 5.41) is 7.92. The van der Waals surface area contributed by atoms with E-state index >= 15 is 0 Å². The first kappa shape index (κ1) is 36.6. The van der Waals surface area contributed by atoms with Gasteiger partial charge in [0.25, 0.3) is 0 Å². The van der Waals surface area contributed by atoms with Gasteiger partial charge in [0.05, 0.1) is 24.1 Å². The van der Waals surface area contributed by atoms with Crippen molar-refractivity contribution in [3.8, 4) is 23.0 Å². The van der Waals surface area contributed by atoms with Gasteiger partial charge >= 0.3 is 5.97 Å². The molecule has 7 aromatic carbocycles. The average Bonchev–Trinajstić information content (AvgIpc) is 3.29. The van der Waals surface area contributed by atoms with Gasteiger partial charge in [-0.3, -0.25) is 0 Å². The first-order chi connectivity index (χ1) is 29.0. The number of benzene rings is 7. The van der Waals surface area contributed by atoms with Crippen LogP contribution in [0.1, 0.15) is 55.7 Å². The highest BCUT2D eigenvalue weighted by Crippen LogP contribution is 2.47. The number of hydrogen-bond acceptors (Lipinski definition) is 7. The molecule has 0 radical (unpaired) electrons. The van der Waals surface area contributed by atoms with Gasteiger partial charge in [0.15, 0.2) is 11.4 Å². The maximum absolute atomic E-state index is 12.0. The highest BCUT2D eigenvalue weighted by atomic mass is 16.5. The van der Waals surface area contributed by atoms with Crippen LogP contribution >= 0.6 is 0 Å². The number of fused-ring (bicyclic) bond motifs is 3.